The SMILES string of the molecule is O=C1CCCC(Cc2conc2C(F)(F)F)NC1. The van der Waals surface area contributed by atoms with Crippen molar-refractivity contribution >= 4 is 5.78 Å². The highest BCUT2D eigenvalue weighted by atomic mass is 19.4. The molecule has 7 heteroatoms. The highest BCUT2D eigenvalue weighted by Gasteiger charge is 2.37. The molecule has 2 heterocycles. The van der Waals surface area contributed by atoms with E-state index < -0.39 is 11.9 Å². The average molecular weight is 262 g/mol. The van der Waals surface area contributed by atoms with Crippen LogP contribution in [-0.4, -0.2) is 23.5 Å². The van der Waals surface area contributed by atoms with E-state index in [1.54, 1.807) is 0 Å². The molecule has 1 aromatic rings. The van der Waals surface area contributed by atoms with Crippen molar-refractivity contribution in [2.45, 2.75) is 37.9 Å². The zero-order valence-corrected chi connectivity index (χ0v) is 9.59. The lowest BCUT2D eigenvalue weighted by atomic mass is 10.0. The van der Waals surface area contributed by atoms with Crippen molar-refractivity contribution in [2.75, 3.05) is 6.54 Å². The summed E-state index contributed by atoms with van der Waals surface area (Å²) in [5.41, 5.74) is -0.936. The molecule has 100 valence electrons. The molecule has 0 aromatic carbocycles. The van der Waals surface area contributed by atoms with Crippen LogP contribution in [0, 0.1) is 0 Å². The van der Waals surface area contributed by atoms with Crippen LogP contribution in [0.3, 0.4) is 0 Å². The van der Waals surface area contributed by atoms with Crippen LogP contribution in [0.1, 0.15) is 30.5 Å². The molecule has 0 spiro atoms. The van der Waals surface area contributed by atoms with Gasteiger partial charge in [0, 0.05) is 18.0 Å². The van der Waals surface area contributed by atoms with E-state index in [1.807, 2.05) is 0 Å². The van der Waals surface area contributed by atoms with Gasteiger partial charge in [-0.05, 0) is 19.3 Å². The lowest BCUT2D eigenvalue weighted by molar-refractivity contribution is -0.143. The van der Waals surface area contributed by atoms with E-state index in [4.69, 9.17) is 0 Å². The van der Waals surface area contributed by atoms with Crippen molar-refractivity contribution in [3.8, 4) is 0 Å². The summed E-state index contributed by atoms with van der Waals surface area (Å²) in [6.07, 6.45) is -1.44. The molecule has 1 aliphatic rings. The molecule has 4 nitrogen and oxygen atoms in total. The van der Waals surface area contributed by atoms with Crippen LogP contribution in [0.2, 0.25) is 0 Å². The number of nitrogens with one attached hydrogen (secondary N) is 1. The van der Waals surface area contributed by atoms with Crippen molar-refractivity contribution in [1.29, 1.82) is 0 Å². The molecule has 1 aliphatic heterocycles. The summed E-state index contributed by atoms with van der Waals surface area (Å²) in [7, 11) is 0. The van der Waals surface area contributed by atoms with Crippen LogP contribution in [-0.2, 0) is 17.4 Å². The van der Waals surface area contributed by atoms with Crippen molar-refractivity contribution in [2.24, 2.45) is 0 Å². The molecule has 0 saturated carbocycles. The maximum Gasteiger partial charge on any atom is 0.437 e. The monoisotopic (exact) mass is 262 g/mol. The summed E-state index contributed by atoms with van der Waals surface area (Å²) in [4.78, 5) is 11.2. The van der Waals surface area contributed by atoms with E-state index in [-0.39, 0.29) is 30.4 Å². The Kier molecular flexibility index (Phi) is 3.70. The number of Topliss-reactive ketones (excluding diaryl/α,β-unsaturated/α-hetero) is 1. The molecule has 1 N–H and O–H groups in total. The number of aromatic nitrogens is 1. The Morgan fingerprint density at radius 2 is 2.28 bits per heavy atom. The number of nitrogens with zero attached hydrogens (tertiary/aromatic N) is 1. The molecule has 0 amide bonds. The van der Waals surface area contributed by atoms with Gasteiger partial charge in [0.15, 0.2) is 5.69 Å². The van der Waals surface area contributed by atoms with Crippen LogP contribution in [0.15, 0.2) is 10.8 Å². The van der Waals surface area contributed by atoms with Gasteiger partial charge >= 0.3 is 6.18 Å². The standard InChI is InChI=1S/C11H13F3N2O2/c12-11(13,14)10-7(6-18-16-10)4-8-2-1-3-9(17)5-15-8/h6,8,15H,1-5H2. The average Bonchev–Trinajstić information content (AvgIpc) is 2.64. The van der Waals surface area contributed by atoms with E-state index in [9.17, 15) is 18.0 Å². The predicted molar refractivity (Wildman–Crippen MR) is 55.9 cm³/mol. The van der Waals surface area contributed by atoms with Gasteiger partial charge < -0.3 is 9.84 Å². The van der Waals surface area contributed by atoms with Crippen LogP contribution in [0.4, 0.5) is 13.2 Å². The molecule has 0 aliphatic carbocycles. The van der Waals surface area contributed by atoms with E-state index in [0.717, 1.165) is 6.26 Å². The Balaban J connectivity index is 2.05. The summed E-state index contributed by atoms with van der Waals surface area (Å²) in [5, 5.41) is 5.96. The Morgan fingerprint density at radius 3 is 3.00 bits per heavy atom. The smallest absolute Gasteiger partial charge is 0.364 e. The molecule has 2 rings (SSSR count). The third kappa shape index (κ3) is 3.10. The molecular formula is C11H13F3N2O2. The van der Waals surface area contributed by atoms with Gasteiger partial charge in [0.25, 0.3) is 0 Å². The lowest BCUT2D eigenvalue weighted by Gasteiger charge is -2.15. The van der Waals surface area contributed by atoms with Crippen LogP contribution >= 0.6 is 0 Å². The van der Waals surface area contributed by atoms with E-state index in [0.29, 0.717) is 19.3 Å². The van der Waals surface area contributed by atoms with Crippen LogP contribution < -0.4 is 5.32 Å². The maximum atomic E-state index is 12.6. The zero-order chi connectivity index (χ0) is 13.2. The molecule has 1 saturated heterocycles. The van der Waals surface area contributed by atoms with Crippen molar-refractivity contribution in [1.82, 2.24) is 10.5 Å². The Labute approximate surface area is 102 Å². The molecule has 1 unspecified atom stereocenters. The highest BCUT2D eigenvalue weighted by Crippen LogP contribution is 2.31. The molecule has 1 fully saturated rings. The van der Waals surface area contributed by atoms with Gasteiger partial charge in [-0.1, -0.05) is 5.16 Å². The second kappa shape index (κ2) is 5.09. The number of hydrogen-bond donors (Lipinski definition) is 1. The predicted octanol–water partition coefficient (Wildman–Crippen LogP) is 1.95. The van der Waals surface area contributed by atoms with Gasteiger partial charge in [0.05, 0.1) is 6.54 Å². The molecule has 0 bridgehead atoms. The first kappa shape index (κ1) is 13.1. The van der Waals surface area contributed by atoms with Gasteiger partial charge in [-0.2, -0.15) is 13.2 Å². The summed E-state index contributed by atoms with van der Waals surface area (Å²) in [6, 6.07) is -0.142. The number of ketones is 1. The fraction of sp³-hybridized carbons (Fsp3) is 0.636. The second-order valence-corrected chi connectivity index (χ2v) is 4.40. The first-order valence-electron chi connectivity index (χ1n) is 5.72. The normalized spacial score (nSPS) is 21.9. The van der Waals surface area contributed by atoms with Gasteiger partial charge in [0.1, 0.15) is 12.0 Å². The third-order valence-electron chi connectivity index (χ3n) is 2.97. The number of carbonyl (C=O) groups excluding carboxylic acids is 1. The minimum Gasteiger partial charge on any atom is -0.364 e. The van der Waals surface area contributed by atoms with E-state index in [1.165, 1.54) is 0 Å². The Morgan fingerprint density at radius 1 is 1.50 bits per heavy atom. The summed E-state index contributed by atoms with van der Waals surface area (Å²) < 4.78 is 42.1. The first-order chi connectivity index (χ1) is 8.47. The van der Waals surface area contributed by atoms with Crippen molar-refractivity contribution in [3.63, 3.8) is 0 Å². The van der Waals surface area contributed by atoms with Crippen LogP contribution in [0.5, 0.6) is 0 Å². The van der Waals surface area contributed by atoms with Gasteiger partial charge in [-0.25, -0.2) is 0 Å². The quantitative estimate of drug-likeness (QED) is 0.885. The molecule has 0 radical (unpaired) electrons. The Bertz CT molecular complexity index is 428. The number of rotatable bonds is 2. The molecule has 1 atom stereocenters. The largest absolute Gasteiger partial charge is 0.437 e. The van der Waals surface area contributed by atoms with Crippen molar-refractivity contribution < 1.29 is 22.5 Å². The lowest BCUT2D eigenvalue weighted by Crippen LogP contribution is -2.33. The highest BCUT2D eigenvalue weighted by molar-refractivity contribution is 5.80. The van der Waals surface area contributed by atoms with Crippen LogP contribution in [0.25, 0.3) is 0 Å². The Hall–Kier alpha value is -1.37. The fourth-order valence-electron chi connectivity index (χ4n) is 2.07. The fourth-order valence-corrected chi connectivity index (χ4v) is 2.07. The second-order valence-electron chi connectivity index (χ2n) is 4.40. The number of alkyl halides is 3. The zero-order valence-electron chi connectivity index (χ0n) is 9.59. The van der Waals surface area contributed by atoms with E-state index in [2.05, 4.69) is 15.0 Å². The molecule has 18 heavy (non-hydrogen) atoms. The summed E-state index contributed by atoms with van der Waals surface area (Å²) >= 11 is 0. The van der Waals surface area contributed by atoms with Gasteiger partial charge in [0.2, 0.25) is 0 Å². The maximum absolute atomic E-state index is 12.6. The minimum atomic E-state index is -4.50. The first-order valence-corrected chi connectivity index (χ1v) is 5.72. The summed E-state index contributed by atoms with van der Waals surface area (Å²) in [6.45, 7) is 0.220. The third-order valence-corrected chi connectivity index (χ3v) is 2.97. The number of hydrogen-bond acceptors (Lipinski definition) is 4. The van der Waals surface area contributed by atoms with Gasteiger partial charge in [-0.15, -0.1) is 0 Å². The topological polar surface area (TPSA) is 55.1 Å². The summed E-state index contributed by atoms with van der Waals surface area (Å²) in [5.74, 6) is 0.0962. The number of halogens is 3. The van der Waals surface area contributed by atoms with Crippen molar-refractivity contribution in [3.05, 3.63) is 17.5 Å². The molecular weight excluding hydrogens is 249 g/mol. The molecule has 1 aromatic heterocycles. The van der Waals surface area contributed by atoms with Gasteiger partial charge in [-0.3, -0.25) is 4.79 Å². The minimum absolute atomic E-state index is 0.0364. The van der Waals surface area contributed by atoms with E-state index >= 15 is 0 Å². The number of carbonyl (C=O) groups is 1.